The van der Waals surface area contributed by atoms with Crippen LogP contribution in [-0.2, 0) is 5.60 Å². The van der Waals surface area contributed by atoms with E-state index in [2.05, 4.69) is 20.9 Å². The molecule has 0 amide bonds. The third-order valence-corrected chi connectivity index (χ3v) is 3.59. The lowest BCUT2D eigenvalue weighted by Gasteiger charge is -2.28. The van der Waals surface area contributed by atoms with Crippen LogP contribution in [-0.4, -0.2) is 10.1 Å². The van der Waals surface area contributed by atoms with E-state index >= 15 is 0 Å². The summed E-state index contributed by atoms with van der Waals surface area (Å²) in [6.07, 6.45) is 2.15. The Hall–Kier alpha value is -1.39. The van der Waals surface area contributed by atoms with Crippen LogP contribution >= 0.6 is 15.9 Å². The summed E-state index contributed by atoms with van der Waals surface area (Å²) in [5.74, 6) is 0.363. The van der Waals surface area contributed by atoms with Gasteiger partial charge in [-0.2, -0.15) is 0 Å². The van der Waals surface area contributed by atoms with Crippen molar-refractivity contribution in [1.82, 2.24) is 4.98 Å². The number of aliphatic hydroxyl groups is 1. The van der Waals surface area contributed by atoms with Gasteiger partial charge in [-0.15, -0.1) is 0 Å². The summed E-state index contributed by atoms with van der Waals surface area (Å²) in [5.41, 5.74) is 6.21. The fourth-order valence-electron chi connectivity index (χ4n) is 2.06. The van der Waals surface area contributed by atoms with Crippen LogP contribution in [0, 0.1) is 0 Å². The van der Waals surface area contributed by atoms with E-state index in [-0.39, 0.29) is 0 Å². The molecule has 1 aromatic carbocycles. The Balaban J connectivity index is 2.59. The highest BCUT2D eigenvalue weighted by Crippen LogP contribution is 2.36. The Morgan fingerprint density at radius 3 is 2.72 bits per heavy atom. The molecule has 4 heteroatoms. The molecule has 3 nitrogen and oxygen atoms in total. The molecule has 3 N–H and O–H groups in total. The third kappa shape index (κ3) is 2.26. The van der Waals surface area contributed by atoms with E-state index in [0.29, 0.717) is 17.8 Å². The number of anilines is 1. The van der Waals surface area contributed by atoms with Gasteiger partial charge in [-0.05, 0) is 30.2 Å². The average Bonchev–Trinajstić information content (AvgIpc) is 2.38. The van der Waals surface area contributed by atoms with Crippen molar-refractivity contribution in [3.8, 4) is 0 Å². The van der Waals surface area contributed by atoms with Gasteiger partial charge >= 0.3 is 0 Å². The third-order valence-electron chi connectivity index (χ3n) is 3.10. The van der Waals surface area contributed by atoms with Gasteiger partial charge < -0.3 is 10.8 Å². The minimum atomic E-state index is -1.11. The van der Waals surface area contributed by atoms with Crippen molar-refractivity contribution in [3.05, 3.63) is 58.2 Å². The molecule has 1 aromatic heterocycles. The Bertz CT molecular complexity index is 559. The van der Waals surface area contributed by atoms with Crippen molar-refractivity contribution in [2.45, 2.75) is 18.9 Å². The molecular weight excluding hydrogens is 292 g/mol. The number of benzene rings is 1. The fraction of sp³-hybridized carbons (Fsp3) is 0.214. The van der Waals surface area contributed by atoms with Gasteiger partial charge in [0.2, 0.25) is 0 Å². The molecule has 18 heavy (non-hydrogen) atoms. The van der Waals surface area contributed by atoms with E-state index in [1.165, 1.54) is 0 Å². The second-order valence-corrected chi connectivity index (χ2v) is 5.08. The van der Waals surface area contributed by atoms with Gasteiger partial charge in [-0.25, -0.2) is 4.98 Å². The molecule has 0 saturated carbocycles. The van der Waals surface area contributed by atoms with Crippen LogP contribution in [0.1, 0.15) is 24.5 Å². The van der Waals surface area contributed by atoms with Crippen molar-refractivity contribution < 1.29 is 5.11 Å². The average molecular weight is 307 g/mol. The van der Waals surface area contributed by atoms with Crippen LogP contribution in [0.2, 0.25) is 0 Å². The number of rotatable bonds is 3. The first-order valence-corrected chi connectivity index (χ1v) is 6.56. The number of nitrogen functional groups attached to an aromatic ring is 1. The van der Waals surface area contributed by atoms with Crippen molar-refractivity contribution >= 4 is 21.7 Å². The maximum Gasteiger partial charge on any atom is 0.129 e. The summed E-state index contributed by atoms with van der Waals surface area (Å²) in [4.78, 5) is 4.05. The number of halogens is 1. The minimum absolute atomic E-state index is 0.363. The molecule has 0 fully saturated rings. The molecule has 0 radical (unpaired) electrons. The molecule has 0 spiro atoms. The Kier molecular flexibility index (Phi) is 3.68. The number of nitrogens with zero attached hydrogens (tertiary/aromatic N) is 1. The first-order valence-electron chi connectivity index (χ1n) is 5.77. The molecule has 2 aromatic rings. The Morgan fingerprint density at radius 1 is 1.33 bits per heavy atom. The molecule has 0 aliphatic carbocycles. The van der Waals surface area contributed by atoms with E-state index in [9.17, 15) is 5.11 Å². The molecule has 1 atom stereocenters. The number of aromatic nitrogens is 1. The topological polar surface area (TPSA) is 59.1 Å². The zero-order chi connectivity index (χ0) is 13.2. The monoisotopic (exact) mass is 306 g/mol. The molecule has 2 rings (SSSR count). The van der Waals surface area contributed by atoms with Gasteiger partial charge in [0.15, 0.2) is 0 Å². The molecule has 0 aliphatic rings. The van der Waals surface area contributed by atoms with Crippen LogP contribution in [0.25, 0.3) is 0 Å². The number of pyridine rings is 1. The molecule has 0 aliphatic heterocycles. The van der Waals surface area contributed by atoms with Gasteiger partial charge in [-0.1, -0.05) is 41.1 Å². The number of nitrogens with two attached hydrogens (primary N) is 1. The molecular formula is C14H15BrN2O. The van der Waals surface area contributed by atoms with Crippen LogP contribution in [0.3, 0.4) is 0 Å². The van der Waals surface area contributed by atoms with Crippen molar-refractivity contribution in [1.29, 1.82) is 0 Å². The maximum absolute atomic E-state index is 10.9. The summed E-state index contributed by atoms with van der Waals surface area (Å²) in [7, 11) is 0. The highest BCUT2D eigenvalue weighted by molar-refractivity contribution is 9.10. The summed E-state index contributed by atoms with van der Waals surface area (Å²) in [5, 5.41) is 10.9. The quantitative estimate of drug-likeness (QED) is 0.916. The second-order valence-electron chi connectivity index (χ2n) is 4.16. The smallest absolute Gasteiger partial charge is 0.129 e. The first-order chi connectivity index (χ1) is 8.58. The lowest BCUT2D eigenvalue weighted by atomic mass is 9.84. The van der Waals surface area contributed by atoms with Crippen LogP contribution < -0.4 is 5.73 Å². The van der Waals surface area contributed by atoms with Crippen molar-refractivity contribution in [2.75, 3.05) is 5.73 Å². The highest BCUT2D eigenvalue weighted by Gasteiger charge is 2.31. The molecule has 0 saturated heterocycles. The van der Waals surface area contributed by atoms with Gasteiger partial charge in [0.1, 0.15) is 11.4 Å². The molecule has 94 valence electrons. The first kappa shape index (κ1) is 13.1. The van der Waals surface area contributed by atoms with Gasteiger partial charge in [0.25, 0.3) is 0 Å². The fourth-order valence-corrected chi connectivity index (χ4v) is 2.46. The summed E-state index contributed by atoms with van der Waals surface area (Å²) >= 11 is 3.42. The second kappa shape index (κ2) is 5.08. The molecule has 1 unspecified atom stereocenters. The van der Waals surface area contributed by atoms with Crippen molar-refractivity contribution in [2.24, 2.45) is 0 Å². The zero-order valence-corrected chi connectivity index (χ0v) is 11.7. The summed E-state index contributed by atoms with van der Waals surface area (Å²) in [6.45, 7) is 1.92. The van der Waals surface area contributed by atoms with Crippen LogP contribution in [0.5, 0.6) is 0 Å². The largest absolute Gasteiger partial charge is 0.383 e. The number of hydrogen-bond acceptors (Lipinski definition) is 3. The summed E-state index contributed by atoms with van der Waals surface area (Å²) in [6, 6.07) is 11.2. The van der Waals surface area contributed by atoms with Crippen molar-refractivity contribution in [3.63, 3.8) is 0 Å². The van der Waals surface area contributed by atoms with E-state index in [1.807, 2.05) is 37.3 Å². The lowest BCUT2D eigenvalue weighted by Crippen LogP contribution is -2.27. The molecule has 0 bridgehead atoms. The van der Waals surface area contributed by atoms with Gasteiger partial charge in [0.05, 0.1) is 0 Å². The standard InChI is InChI=1S/C14H15BrN2O/c1-2-14(18,10-5-3-6-11(15)9-10)12-7-4-8-17-13(12)16/h3-9,18H,2H2,1H3,(H2,16,17). The van der Waals surface area contributed by atoms with Crippen LogP contribution in [0.4, 0.5) is 5.82 Å². The predicted molar refractivity (Wildman–Crippen MR) is 76.1 cm³/mol. The van der Waals surface area contributed by atoms with Gasteiger partial charge in [-0.3, -0.25) is 0 Å². The lowest BCUT2D eigenvalue weighted by molar-refractivity contribution is 0.0769. The predicted octanol–water partition coefficient (Wildman–Crippen LogP) is 3.07. The molecule has 1 heterocycles. The van der Waals surface area contributed by atoms with E-state index in [0.717, 1.165) is 10.0 Å². The van der Waals surface area contributed by atoms with E-state index in [1.54, 1.807) is 12.3 Å². The SMILES string of the molecule is CCC(O)(c1cccc(Br)c1)c1cccnc1N. The normalized spacial score (nSPS) is 14.2. The van der Waals surface area contributed by atoms with Gasteiger partial charge in [0, 0.05) is 16.2 Å². The zero-order valence-electron chi connectivity index (χ0n) is 10.1. The highest BCUT2D eigenvalue weighted by atomic mass is 79.9. The van der Waals surface area contributed by atoms with Crippen LogP contribution in [0.15, 0.2) is 47.1 Å². The summed E-state index contributed by atoms with van der Waals surface area (Å²) < 4.78 is 0.925. The maximum atomic E-state index is 10.9. The Labute approximate surface area is 115 Å². The van der Waals surface area contributed by atoms with E-state index in [4.69, 9.17) is 5.73 Å². The van der Waals surface area contributed by atoms with E-state index < -0.39 is 5.60 Å². The minimum Gasteiger partial charge on any atom is -0.383 e. The Morgan fingerprint density at radius 2 is 2.11 bits per heavy atom. The number of hydrogen-bond donors (Lipinski definition) is 2.